The van der Waals surface area contributed by atoms with Gasteiger partial charge in [-0.25, -0.2) is 4.79 Å². The average Bonchev–Trinajstić information content (AvgIpc) is 2.95. The summed E-state index contributed by atoms with van der Waals surface area (Å²) in [5.74, 6) is 0.203. The van der Waals surface area contributed by atoms with Gasteiger partial charge in [0, 0.05) is 31.4 Å². The van der Waals surface area contributed by atoms with Crippen molar-refractivity contribution in [2.45, 2.75) is 31.9 Å². The third-order valence-corrected chi connectivity index (χ3v) is 3.95. The van der Waals surface area contributed by atoms with Gasteiger partial charge in [-0.15, -0.1) is 0 Å². The summed E-state index contributed by atoms with van der Waals surface area (Å²) in [5.41, 5.74) is 3.28. The van der Waals surface area contributed by atoms with Gasteiger partial charge in [0.2, 0.25) is 0 Å². The maximum absolute atomic E-state index is 12.3. The van der Waals surface area contributed by atoms with Crippen LogP contribution in [-0.4, -0.2) is 41.3 Å². The number of fused-ring (bicyclic) bond motifs is 1. The van der Waals surface area contributed by atoms with Crippen molar-refractivity contribution >= 4 is 6.09 Å². The number of pyridine rings is 1. The molecule has 0 saturated carbocycles. The van der Waals surface area contributed by atoms with Gasteiger partial charge in [0.1, 0.15) is 5.60 Å². The van der Waals surface area contributed by atoms with Crippen LogP contribution in [0.25, 0.3) is 0 Å². The first kappa shape index (κ1) is 14.3. The lowest BCUT2D eigenvalue weighted by Crippen LogP contribution is -2.44. The molecule has 2 aliphatic heterocycles. The third-order valence-electron chi connectivity index (χ3n) is 3.95. The number of hydroxylamine groups is 1. The summed E-state index contributed by atoms with van der Waals surface area (Å²) in [4.78, 5) is 23.7. The zero-order valence-electron chi connectivity index (χ0n) is 12.6. The van der Waals surface area contributed by atoms with Crippen molar-refractivity contribution in [2.24, 2.45) is 5.92 Å². The van der Waals surface area contributed by atoms with Crippen molar-refractivity contribution in [1.29, 1.82) is 0 Å². The Morgan fingerprint density at radius 2 is 2.38 bits per heavy atom. The van der Waals surface area contributed by atoms with Gasteiger partial charge in [-0.05, 0) is 32.4 Å². The van der Waals surface area contributed by atoms with E-state index in [2.05, 4.69) is 10.5 Å². The number of carbonyl (C=O) groups is 1. The number of carbonyl (C=O) groups excluding carboxylic acids is 1. The number of hydrogen-bond acceptors (Lipinski definition) is 5. The standard InChI is InChI=1S/C15H21N3O3/c1-14(2,3)21-13(19)18-8-12-9-20-17-15(12,10-18)11-5-4-6-16-7-11/h4-7,12,17H,8-10H2,1-3H3. The van der Waals surface area contributed by atoms with E-state index < -0.39 is 5.60 Å². The van der Waals surface area contributed by atoms with Crippen LogP contribution in [0.2, 0.25) is 0 Å². The molecule has 2 aliphatic rings. The Balaban J connectivity index is 1.81. The molecule has 3 heterocycles. The van der Waals surface area contributed by atoms with E-state index >= 15 is 0 Å². The van der Waals surface area contributed by atoms with E-state index in [1.54, 1.807) is 11.1 Å². The average molecular weight is 291 g/mol. The Bertz CT molecular complexity index is 529. The summed E-state index contributed by atoms with van der Waals surface area (Å²) in [6.07, 6.45) is 3.29. The first-order valence-electron chi connectivity index (χ1n) is 7.18. The molecule has 0 aliphatic carbocycles. The molecule has 0 radical (unpaired) electrons. The van der Waals surface area contributed by atoms with E-state index in [-0.39, 0.29) is 17.6 Å². The van der Waals surface area contributed by atoms with Crippen LogP contribution in [0.5, 0.6) is 0 Å². The van der Waals surface area contributed by atoms with Gasteiger partial charge in [0.05, 0.1) is 12.1 Å². The molecular formula is C15H21N3O3. The summed E-state index contributed by atoms with van der Waals surface area (Å²) in [6, 6.07) is 3.91. The highest BCUT2D eigenvalue weighted by Gasteiger charge is 2.54. The van der Waals surface area contributed by atoms with Crippen LogP contribution in [0.4, 0.5) is 4.79 Å². The van der Waals surface area contributed by atoms with Gasteiger partial charge in [0.25, 0.3) is 0 Å². The van der Waals surface area contributed by atoms with Gasteiger partial charge in [0.15, 0.2) is 0 Å². The van der Waals surface area contributed by atoms with E-state index in [0.29, 0.717) is 19.7 Å². The van der Waals surface area contributed by atoms with Gasteiger partial charge in [-0.3, -0.25) is 4.98 Å². The maximum atomic E-state index is 12.3. The lowest BCUT2D eigenvalue weighted by molar-refractivity contribution is 0.0152. The molecule has 2 atom stereocenters. The summed E-state index contributed by atoms with van der Waals surface area (Å²) in [7, 11) is 0. The fraction of sp³-hybridized carbons (Fsp3) is 0.600. The number of aromatic nitrogens is 1. The summed E-state index contributed by atoms with van der Waals surface area (Å²) < 4.78 is 5.47. The fourth-order valence-corrected chi connectivity index (χ4v) is 2.98. The minimum atomic E-state index is -0.486. The number of likely N-dealkylation sites (tertiary alicyclic amines) is 1. The second-order valence-corrected chi connectivity index (χ2v) is 6.68. The Hall–Kier alpha value is -1.66. The molecule has 0 aromatic carbocycles. The number of amides is 1. The van der Waals surface area contributed by atoms with Crippen molar-refractivity contribution in [3.63, 3.8) is 0 Å². The normalized spacial score (nSPS) is 28.5. The molecule has 2 unspecified atom stereocenters. The molecular weight excluding hydrogens is 270 g/mol. The quantitative estimate of drug-likeness (QED) is 0.853. The van der Waals surface area contributed by atoms with E-state index in [0.717, 1.165) is 5.56 Å². The summed E-state index contributed by atoms with van der Waals surface area (Å²) >= 11 is 0. The van der Waals surface area contributed by atoms with Crippen LogP contribution in [0, 0.1) is 5.92 Å². The summed E-state index contributed by atoms with van der Waals surface area (Å²) in [6.45, 7) is 7.35. The van der Waals surface area contributed by atoms with Gasteiger partial charge < -0.3 is 14.5 Å². The van der Waals surface area contributed by atoms with Gasteiger partial charge in [-0.1, -0.05) is 6.07 Å². The van der Waals surface area contributed by atoms with Gasteiger partial charge >= 0.3 is 6.09 Å². The molecule has 21 heavy (non-hydrogen) atoms. The highest BCUT2D eigenvalue weighted by molar-refractivity contribution is 5.69. The molecule has 1 aromatic rings. The van der Waals surface area contributed by atoms with E-state index in [9.17, 15) is 4.79 Å². The fourth-order valence-electron chi connectivity index (χ4n) is 2.98. The van der Waals surface area contributed by atoms with Crippen molar-refractivity contribution < 1.29 is 14.4 Å². The molecule has 2 fully saturated rings. The number of ether oxygens (including phenoxy) is 1. The molecule has 1 aromatic heterocycles. The minimum Gasteiger partial charge on any atom is -0.444 e. The SMILES string of the molecule is CC(C)(C)OC(=O)N1CC2CONC2(c2cccnc2)C1. The van der Waals surface area contributed by atoms with Crippen LogP contribution in [-0.2, 0) is 15.1 Å². The van der Waals surface area contributed by atoms with Crippen molar-refractivity contribution in [3.8, 4) is 0 Å². The zero-order valence-corrected chi connectivity index (χ0v) is 12.6. The first-order chi connectivity index (χ1) is 9.91. The number of rotatable bonds is 1. The monoisotopic (exact) mass is 291 g/mol. The van der Waals surface area contributed by atoms with Crippen LogP contribution in [0.15, 0.2) is 24.5 Å². The second-order valence-electron chi connectivity index (χ2n) is 6.68. The molecule has 1 N–H and O–H groups in total. The van der Waals surface area contributed by atoms with Crippen LogP contribution < -0.4 is 5.48 Å². The minimum absolute atomic E-state index is 0.203. The number of hydrogen-bond donors (Lipinski definition) is 1. The molecule has 0 bridgehead atoms. The second kappa shape index (κ2) is 4.96. The Labute approximate surface area is 124 Å². The molecule has 6 nitrogen and oxygen atoms in total. The maximum Gasteiger partial charge on any atom is 0.410 e. The lowest BCUT2D eigenvalue weighted by Gasteiger charge is -2.28. The topological polar surface area (TPSA) is 63.7 Å². The Morgan fingerprint density at radius 3 is 3.05 bits per heavy atom. The predicted molar refractivity (Wildman–Crippen MR) is 76.3 cm³/mol. The van der Waals surface area contributed by atoms with E-state index in [1.165, 1.54) is 0 Å². The van der Waals surface area contributed by atoms with Crippen molar-refractivity contribution in [3.05, 3.63) is 30.1 Å². The first-order valence-corrected chi connectivity index (χ1v) is 7.18. The van der Waals surface area contributed by atoms with E-state index in [1.807, 2.05) is 39.1 Å². The van der Waals surface area contributed by atoms with E-state index in [4.69, 9.17) is 9.57 Å². The number of nitrogens with zero attached hydrogens (tertiary/aromatic N) is 2. The zero-order chi connectivity index (χ0) is 15.1. The Kier molecular flexibility index (Phi) is 3.37. The number of nitrogens with one attached hydrogen (secondary N) is 1. The smallest absolute Gasteiger partial charge is 0.410 e. The molecule has 2 saturated heterocycles. The lowest BCUT2D eigenvalue weighted by atomic mass is 9.83. The molecule has 3 rings (SSSR count). The molecule has 1 amide bonds. The summed E-state index contributed by atoms with van der Waals surface area (Å²) in [5, 5.41) is 0. The predicted octanol–water partition coefficient (Wildman–Crippen LogP) is 1.68. The van der Waals surface area contributed by atoms with Crippen LogP contribution in [0.3, 0.4) is 0 Å². The molecule has 6 heteroatoms. The molecule has 0 spiro atoms. The molecule has 114 valence electrons. The Morgan fingerprint density at radius 1 is 1.57 bits per heavy atom. The highest BCUT2D eigenvalue weighted by atomic mass is 16.7. The van der Waals surface area contributed by atoms with Crippen molar-refractivity contribution in [1.82, 2.24) is 15.4 Å². The van der Waals surface area contributed by atoms with Gasteiger partial charge in [-0.2, -0.15) is 5.48 Å². The van der Waals surface area contributed by atoms with Crippen LogP contribution >= 0.6 is 0 Å². The largest absolute Gasteiger partial charge is 0.444 e. The van der Waals surface area contributed by atoms with Crippen LogP contribution in [0.1, 0.15) is 26.3 Å². The van der Waals surface area contributed by atoms with Crippen molar-refractivity contribution in [2.75, 3.05) is 19.7 Å². The highest BCUT2D eigenvalue weighted by Crippen LogP contribution is 2.40. The third kappa shape index (κ3) is 2.61.